The van der Waals surface area contributed by atoms with Crippen LogP contribution in [-0.4, -0.2) is 119 Å². The first-order chi connectivity index (χ1) is 29.5. The molecule has 6 amide bonds. The third-order valence-corrected chi connectivity index (χ3v) is 9.72. The smallest absolute Gasteiger partial charge is 0.326 e. The molecule has 0 aliphatic heterocycles. The third-order valence-electron chi connectivity index (χ3n) is 9.72. The van der Waals surface area contributed by atoms with Gasteiger partial charge < -0.3 is 65.0 Å². The summed E-state index contributed by atoms with van der Waals surface area (Å²) in [6, 6.07) is -0.104. The number of unbranched alkanes of at least 4 members (excludes halogenated alkanes) is 1. The Labute approximate surface area is 369 Å². The molecule has 0 fully saturated rings. The Balaban J connectivity index is 3.38. The lowest BCUT2D eigenvalue weighted by atomic mass is 9.98. The number of benzene rings is 1. The fourth-order valence-corrected chi connectivity index (χ4v) is 6.40. The number of aliphatic carboxylic acids is 2. The zero-order valence-corrected chi connectivity index (χ0v) is 37.4. The molecular weight excluding hydrogens is 819 g/mol. The minimum absolute atomic E-state index is 0.0440. The fourth-order valence-electron chi connectivity index (χ4n) is 6.40. The van der Waals surface area contributed by atoms with Gasteiger partial charge in [-0.3, -0.25) is 38.6 Å². The van der Waals surface area contributed by atoms with E-state index in [1.165, 1.54) is 0 Å². The molecule has 0 saturated heterocycles. The number of guanidine groups is 1. The van der Waals surface area contributed by atoms with Crippen molar-refractivity contribution in [2.24, 2.45) is 45.7 Å². The van der Waals surface area contributed by atoms with E-state index in [0.717, 1.165) is 0 Å². The molecule has 21 heteroatoms. The molecule has 0 aromatic heterocycles. The number of carboxylic acids is 2. The van der Waals surface area contributed by atoms with Crippen LogP contribution in [0.5, 0.6) is 0 Å². The van der Waals surface area contributed by atoms with Gasteiger partial charge in [0, 0.05) is 13.0 Å². The molecule has 21 nitrogen and oxygen atoms in total. The van der Waals surface area contributed by atoms with Gasteiger partial charge in [0.05, 0.1) is 12.5 Å². The van der Waals surface area contributed by atoms with Gasteiger partial charge in [-0.05, 0) is 74.8 Å². The molecule has 0 heterocycles. The van der Waals surface area contributed by atoms with Gasteiger partial charge in [0.15, 0.2) is 5.96 Å². The first kappa shape index (κ1) is 55.2. The van der Waals surface area contributed by atoms with Crippen molar-refractivity contribution < 1.29 is 48.6 Å². The lowest BCUT2D eigenvalue weighted by Crippen LogP contribution is -2.61. The highest BCUT2D eigenvalue weighted by Crippen LogP contribution is 2.13. The Morgan fingerprint density at radius 3 is 1.59 bits per heavy atom. The zero-order valence-electron chi connectivity index (χ0n) is 37.4. The van der Waals surface area contributed by atoms with E-state index < -0.39 is 102 Å². The van der Waals surface area contributed by atoms with E-state index in [0.29, 0.717) is 31.4 Å². The van der Waals surface area contributed by atoms with Gasteiger partial charge in [-0.2, -0.15) is 0 Å². The summed E-state index contributed by atoms with van der Waals surface area (Å²) in [5.74, 6) is -8.34. The summed E-state index contributed by atoms with van der Waals surface area (Å²) in [5, 5.41) is 34.4. The van der Waals surface area contributed by atoms with Crippen LogP contribution >= 0.6 is 0 Å². The molecule has 7 unspecified atom stereocenters. The Morgan fingerprint density at radius 1 is 0.603 bits per heavy atom. The van der Waals surface area contributed by atoms with Crippen LogP contribution in [0.2, 0.25) is 0 Å². The van der Waals surface area contributed by atoms with E-state index in [-0.39, 0.29) is 56.4 Å². The molecule has 7 atom stereocenters. The first-order valence-electron chi connectivity index (χ1n) is 21.4. The molecule has 354 valence electrons. The van der Waals surface area contributed by atoms with Crippen molar-refractivity contribution in [1.82, 2.24) is 31.9 Å². The molecule has 0 bridgehead atoms. The van der Waals surface area contributed by atoms with Gasteiger partial charge in [-0.1, -0.05) is 71.9 Å². The number of nitrogens with zero attached hydrogens (tertiary/aromatic N) is 1. The van der Waals surface area contributed by atoms with Crippen LogP contribution in [0.3, 0.4) is 0 Å². The average molecular weight is 890 g/mol. The molecule has 63 heavy (non-hydrogen) atoms. The second-order valence-corrected chi connectivity index (χ2v) is 16.8. The number of carbonyl (C=O) groups excluding carboxylic acids is 6. The first-order valence-corrected chi connectivity index (χ1v) is 21.4. The number of rotatable bonds is 30. The van der Waals surface area contributed by atoms with Crippen molar-refractivity contribution in [1.29, 1.82) is 0 Å². The minimum Gasteiger partial charge on any atom is -0.481 e. The van der Waals surface area contributed by atoms with Crippen LogP contribution in [0.15, 0.2) is 35.3 Å². The van der Waals surface area contributed by atoms with E-state index in [9.17, 15) is 43.5 Å². The van der Waals surface area contributed by atoms with Crippen LogP contribution in [-0.2, 0) is 44.8 Å². The number of hydrogen-bond acceptors (Lipinski definition) is 11. The maximum atomic E-state index is 14.1. The van der Waals surface area contributed by atoms with Crippen molar-refractivity contribution in [3.8, 4) is 0 Å². The standard InChI is InChI=1S/C42H71N11O10/c1-23(2)19-29(38(59)52-32(41(62)63)22-33(54)55)49-39(60)31(21-26-13-8-7-9-14-26)50-37(58)30(20-24(3)4)51-40(61)34(25(5)6)53-36(57)28(16-10-11-17-43)48-35(56)27(44)15-12-18-47-42(45)46/h7-9,13-14,23-25,27-32,34H,10-12,15-22,43-44H2,1-6H3,(H,48,56)(H,49,60)(H,50,58)(H,51,61)(H,52,59)(H,53,57)(H,54,55)(H,62,63)(H4,45,46,47). The van der Waals surface area contributed by atoms with Gasteiger partial charge >= 0.3 is 11.9 Å². The van der Waals surface area contributed by atoms with Crippen LogP contribution in [0, 0.1) is 17.8 Å². The van der Waals surface area contributed by atoms with Gasteiger partial charge in [0.1, 0.15) is 36.3 Å². The summed E-state index contributed by atoms with van der Waals surface area (Å²) in [5.41, 5.74) is 23.1. The Morgan fingerprint density at radius 2 is 1.10 bits per heavy atom. The van der Waals surface area contributed by atoms with Gasteiger partial charge in [-0.15, -0.1) is 0 Å². The van der Waals surface area contributed by atoms with Crippen LogP contribution in [0.1, 0.15) is 98.5 Å². The molecule has 0 aliphatic carbocycles. The summed E-state index contributed by atoms with van der Waals surface area (Å²) < 4.78 is 0. The van der Waals surface area contributed by atoms with Crippen LogP contribution in [0.25, 0.3) is 0 Å². The summed E-state index contributed by atoms with van der Waals surface area (Å²) >= 11 is 0. The van der Waals surface area contributed by atoms with E-state index in [1.54, 1.807) is 58.0 Å². The summed E-state index contributed by atoms with van der Waals surface area (Å²) in [4.78, 5) is 109. The van der Waals surface area contributed by atoms with Crippen molar-refractivity contribution in [3.63, 3.8) is 0 Å². The second-order valence-electron chi connectivity index (χ2n) is 16.8. The molecule has 0 saturated carbocycles. The van der Waals surface area contributed by atoms with Gasteiger partial charge in [0.2, 0.25) is 35.4 Å². The SMILES string of the molecule is CC(C)CC(NC(=O)C(Cc1ccccc1)NC(=O)C(CC(C)C)NC(=O)C(NC(=O)C(CCCCN)NC(=O)C(N)CCCN=C(N)N)C(C)C)C(=O)NC(CC(=O)O)C(=O)O. The number of amides is 6. The summed E-state index contributed by atoms with van der Waals surface area (Å²) in [6.45, 7) is 11.2. The Kier molecular flexibility index (Phi) is 25.1. The number of aliphatic imine (C=N–C) groups is 1. The normalized spacial score (nSPS) is 14.5. The van der Waals surface area contributed by atoms with Crippen LogP contribution < -0.4 is 54.8 Å². The van der Waals surface area contributed by atoms with Gasteiger partial charge in [0.25, 0.3) is 0 Å². The molecular formula is C42H71N11O10. The number of hydrogen-bond donors (Lipinski definition) is 12. The molecule has 0 radical (unpaired) electrons. The lowest BCUT2D eigenvalue weighted by molar-refractivity contribution is -0.147. The topological polar surface area (TPSA) is 366 Å². The van der Waals surface area contributed by atoms with E-state index in [4.69, 9.17) is 28.0 Å². The highest BCUT2D eigenvalue weighted by atomic mass is 16.4. The van der Waals surface area contributed by atoms with Crippen molar-refractivity contribution in [2.45, 2.75) is 142 Å². The lowest BCUT2D eigenvalue weighted by Gasteiger charge is -2.29. The van der Waals surface area contributed by atoms with E-state index >= 15 is 0 Å². The number of nitrogens with two attached hydrogens (primary N) is 4. The second kappa shape index (κ2) is 28.7. The van der Waals surface area contributed by atoms with Crippen molar-refractivity contribution in [2.75, 3.05) is 13.1 Å². The molecule has 16 N–H and O–H groups in total. The van der Waals surface area contributed by atoms with Crippen molar-refractivity contribution >= 4 is 53.3 Å². The maximum absolute atomic E-state index is 14.1. The van der Waals surface area contributed by atoms with Gasteiger partial charge in [-0.25, -0.2) is 4.79 Å². The zero-order chi connectivity index (χ0) is 47.8. The Bertz CT molecular complexity index is 1690. The number of carboxylic acid groups (broad SMARTS) is 2. The quantitative estimate of drug-likeness (QED) is 0.0249. The highest BCUT2D eigenvalue weighted by Gasteiger charge is 2.35. The number of nitrogens with one attached hydrogen (secondary N) is 6. The molecule has 0 aliphatic rings. The summed E-state index contributed by atoms with van der Waals surface area (Å²) in [7, 11) is 0. The fraction of sp³-hybridized carbons (Fsp3) is 0.643. The molecule has 1 rings (SSSR count). The molecule has 1 aromatic rings. The Hall–Kier alpha value is -5.83. The molecule has 1 aromatic carbocycles. The number of carbonyl (C=O) groups is 8. The van der Waals surface area contributed by atoms with E-state index in [1.807, 2.05) is 13.8 Å². The predicted octanol–water partition coefficient (Wildman–Crippen LogP) is -1.04. The molecule has 0 spiro atoms. The van der Waals surface area contributed by atoms with E-state index in [2.05, 4.69) is 36.9 Å². The third kappa shape index (κ3) is 22.2. The minimum atomic E-state index is -1.76. The monoisotopic (exact) mass is 890 g/mol. The van der Waals surface area contributed by atoms with Crippen molar-refractivity contribution in [3.05, 3.63) is 35.9 Å². The summed E-state index contributed by atoms with van der Waals surface area (Å²) in [6.07, 6.45) is 1.12. The largest absolute Gasteiger partial charge is 0.481 e. The van der Waals surface area contributed by atoms with Crippen LogP contribution in [0.4, 0.5) is 0 Å². The average Bonchev–Trinajstić information content (AvgIpc) is 3.19. The maximum Gasteiger partial charge on any atom is 0.326 e. The predicted molar refractivity (Wildman–Crippen MR) is 236 cm³/mol. The highest BCUT2D eigenvalue weighted by molar-refractivity contribution is 5.97.